The fourth-order valence-electron chi connectivity index (χ4n) is 2.39. The van der Waals surface area contributed by atoms with Crippen molar-refractivity contribution in [1.82, 2.24) is 15.3 Å². The van der Waals surface area contributed by atoms with E-state index in [1.165, 1.54) is 0 Å². The highest BCUT2D eigenvalue weighted by atomic mass is 16.5. The first-order chi connectivity index (χ1) is 8.57. The molecular formula is C13H21N3O2. The van der Waals surface area contributed by atoms with E-state index in [0.29, 0.717) is 6.61 Å². The molecule has 1 aliphatic carbocycles. The summed E-state index contributed by atoms with van der Waals surface area (Å²) < 4.78 is 5.18. The van der Waals surface area contributed by atoms with Gasteiger partial charge in [0.1, 0.15) is 5.82 Å². The van der Waals surface area contributed by atoms with Crippen LogP contribution >= 0.6 is 0 Å². The van der Waals surface area contributed by atoms with Gasteiger partial charge in [0, 0.05) is 19.0 Å². The Hall–Kier alpha value is -1.36. The Labute approximate surface area is 107 Å². The second-order valence-electron chi connectivity index (χ2n) is 5.21. The van der Waals surface area contributed by atoms with Gasteiger partial charge in [-0.05, 0) is 26.7 Å². The number of hydrogen-bond acceptors (Lipinski definition) is 3. The van der Waals surface area contributed by atoms with Gasteiger partial charge in [-0.25, -0.2) is 4.98 Å². The standard InChI is InChI=1S/C13H21N3O2/c1-9-7-14-11(15-9)10(2)16-12(17)13(8-18-3)5-4-6-13/h7,10H,4-6,8H2,1-3H3,(H,14,15)(H,16,17)/t10-/m1/s1. The van der Waals surface area contributed by atoms with Gasteiger partial charge in [0.15, 0.2) is 0 Å². The molecule has 0 unspecified atom stereocenters. The van der Waals surface area contributed by atoms with Crippen molar-refractivity contribution in [2.24, 2.45) is 5.41 Å². The fourth-order valence-corrected chi connectivity index (χ4v) is 2.39. The molecule has 5 heteroatoms. The van der Waals surface area contributed by atoms with Gasteiger partial charge in [0.05, 0.1) is 18.1 Å². The van der Waals surface area contributed by atoms with Crippen LogP contribution in [0.5, 0.6) is 0 Å². The maximum Gasteiger partial charge on any atom is 0.229 e. The van der Waals surface area contributed by atoms with Crippen LogP contribution in [-0.2, 0) is 9.53 Å². The summed E-state index contributed by atoms with van der Waals surface area (Å²) in [6.07, 6.45) is 4.70. The number of nitrogens with zero attached hydrogens (tertiary/aromatic N) is 1. The average Bonchev–Trinajstić information content (AvgIpc) is 2.70. The Bertz CT molecular complexity index is 424. The molecule has 1 amide bonds. The summed E-state index contributed by atoms with van der Waals surface area (Å²) in [7, 11) is 1.65. The molecule has 1 fully saturated rings. The van der Waals surface area contributed by atoms with Gasteiger partial charge < -0.3 is 15.0 Å². The number of aromatic amines is 1. The van der Waals surface area contributed by atoms with E-state index < -0.39 is 0 Å². The number of imidazole rings is 1. The van der Waals surface area contributed by atoms with Crippen molar-refractivity contribution in [1.29, 1.82) is 0 Å². The number of carbonyl (C=O) groups is 1. The van der Waals surface area contributed by atoms with E-state index in [1.54, 1.807) is 13.3 Å². The Balaban J connectivity index is 1.98. The predicted molar refractivity (Wildman–Crippen MR) is 68.0 cm³/mol. The zero-order valence-corrected chi connectivity index (χ0v) is 11.2. The minimum Gasteiger partial charge on any atom is -0.384 e. The first kappa shape index (κ1) is 13.1. The third kappa shape index (κ3) is 2.41. The predicted octanol–water partition coefficient (Wildman–Crippen LogP) is 1.71. The molecule has 1 saturated carbocycles. The summed E-state index contributed by atoms with van der Waals surface area (Å²) >= 11 is 0. The maximum atomic E-state index is 12.3. The molecule has 0 radical (unpaired) electrons. The summed E-state index contributed by atoms with van der Waals surface area (Å²) in [6.45, 7) is 4.39. The number of aromatic nitrogens is 2. The highest BCUT2D eigenvalue weighted by Crippen LogP contribution is 2.41. The van der Waals surface area contributed by atoms with Crippen LogP contribution < -0.4 is 5.32 Å². The number of amides is 1. The lowest BCUT2D eigenvalue weighted by Crippen LogP contribution is -2.49. The van der Waals surface area contributed by atoms with Crippen LogP contribution in [0.1, 0.15) is 43.7 Å². The zero-order chi connectivity index (χ0) is 13.2. The van der Waals surface area contributed by atoms with Crippen LogP contribution in [0.25, 0.3) is 0 Å². The van der Waals surface area contributed by atoms with E-state index in [2.05, 4.69) is 15.3 Å². The molecule has 1 aromatic rings. The SMILES string of the molecule is COCC1(C(=O)N[C@H](C)c2ncc(C)[nH]2)CCC1. The third-order valence-corrected chi connectivity index (χ3v) is 3.69. The largest absolute Gasteiger partial charge is 0.384 e. The van der Waals surface area contributed by atoms with E-state index in [1.807, 2.05) is 13.8 Å². The second-order valence-corrected chi connectivity index (χ2v) is 5.21. The minimum atomic E-state index is -0.315. The molecule has 2 rings (SSSR count). The summed E-state index contributed by atoms with van der Waals surface area (Å²) in [6, 6.07) is -0.0967. The summed E-state index contributed by atoms with van der Waals surface area (Å²) in [5.74, 6) is 0.880. The fraction of sp³-hybridized carbons (Fsp3) is 0.692. The zero-order valence-electron chi connectivity index (χ0n) is 11.2. The van der Waals surface area contributed by atoms with Crippen molar-refractivity contribution < 1.29 is 9.53 Å². The molecule has 0 spiro atoms. The molecule has 5 nitrogen and oxygen atoms in total. The molecule has 0 aliphatic heterocycles. The minimum absolute atomic E-state index is 0.0807. The van der Waals surface area contributed by atoms with E-state index >= 15 is 0 Å². The van der Waals surface area contributed by atoms with E-state index in [9.17, 15) is 4.79 Å². The van der Waals surface area contributed by atoms with E-state index in [4.69, 9.17) is 4.74 Å². The summed E-state index contributed by atoms with van der Waals surface area (Å²) in [5, 5.41) is 3.02. The molecule has 0 aromatic carbocycles. The maximum absolute atomic E-state index is 12.3. The van der Waals surface area contributed by atoms with Crippen LogP contribution in [0.3, 0.4) is 0 Å². The topological polar surface area (TPSA) is 67.0 Å². The number of nitrogens with one attached hydrogen (secondary N) is 2. The Morgan fingerprint density at radius 2 is 2.39 bits per heavy atom. The lowest BCUT2D eigenvalue weighted by atomic mass is 9.68. The molecule has 1 aromatic heterocycles. The van der Waals surface area contributed by atoms with Gasteiger partial charge in [0.25, 0.3) is 0 Å². The molecule has 1 heterocycles. The van der Waals surface area contributed by atoms with Crippen molar-refractivity contribution in [3.63, 3.8) is 0 Å². The van der Waals surface area contributed by atoms with Crippen LogP contribution in [0, 0.1) is 12.3 Å². The van der Waals surface area contributed by atoms with E-state index in [-0.39, 0.29) is 17.4 Å². The van der Waals surface area contributed by atoms with Gasteiger partial charge in [-0.3, -0.25) is 4.79 Å². The molecule has 1 aliphatic rings. The number of ether oxygens (including phenoxy) is 1. The number of carbonyl (C=O) groups excluding carboxylic acids is 1. The van der Waals surface area contributed by atoms with Crippen molar-refractivity contribution in [2.45, 2.75) is 39.2 Å². The molecule has 0 bridgehead atoms. The smallest absolute Gasteiger partial charge is 0.229 e. The van der Waals surface area contributed by atoms with Crippen LogP contribution in [0.15, 0.2) is 6.20 Å². The van der Waals surface area contributed by atoms with Crippen LogP contribution in [0.2, 0.25) is 0 Å². The summed E-state index contributed by atoms with van der Waals surface area (Å²) in [4.78, 5) is 19.7. The highest BCUT2D eigenvalue weighted by molar-refractivity contribution is 5.84. The van der Waals surface area contributed by atoms with Crippen molar-refractivity contribution in [3.8, 4) is 0 Å². The van der Waals surface area contributed by atoms with Gasteiger partial charge >= 0.3 is 0 Å². The molecule has 18 heavy (non-hydrogen) atoms. The molecule has 2 N–H and O–H groups in total. The highest BCUT2D eigenvalue weighted by Gasteiger charge is 2.44. The molecule has 0 saturated heterocycles. The quantitative estimate of drug-likeness (QED) is 0.837. The van der Waals surface area contributed by atoms with Gasteiger partial charge in [-0.15, -0.1) is 0 Å². The number of aryl methyl sites for hydroxylation is 1. The lowest BCUT2D eigenvalue weighted by molar-refractivity contribution is -0.141. The van der Waals surface area contributed by atoms with Crippen LogP contribution in [0.4, 0.5) is 0 Å². The number of hydrogen-bond donors (Lipinski definition) is 2. The monoisotopic (exact) mass is 251 g/mol. The normalized spacial score (nSPS) is 19.1. The number of rotatable bonds is 5. The molecule has 100 valence electrons. The third-order valence-electron chi connectivity index (χ3n) is 3.69. The Morgan fingerprint density at radius 1 is 1.67 bits per heavy atom. The molecular weight excluding hydrogens is 230 g/mol. The molecule has 1 atom stereocenters. The first-order valence-electron chi connectivity index (χ1n) is 6.39. The van der Waals surface area contributed by atoms with Crippen molar-refractivity contribution >= 4 is 5.91 Å². The second kappa shape index (κ2) is 5.10. The van der Waals surface area contributed by atoms with Gasteiger partial charge in [-0.2, -0.15) is 0 Å². The lowest BCUT2D eigenvalue weighted by Gasteiger charge is -2.40. The van der Waals surface area contributed by atoms with Crippen LogP contribution in [-0.4, -0.2) is 29.6 Å². The van der Waals surface area contributed by atoms with E-state index in [0.717, 1.165) is 30.8 Å². The number of H-pyrrole nitrogens is 1. The Kier molecular flexibility index (Phi) is 3.71. The van der Waals surface area contributed by atoms with Gasteiger partial charge in [-0.1, -0.05) is 6.42 Å². The Morgan fingerprint density at radius 3 is 2.83 bits per heavy atom. The van der Waals surface area contributed by atoms with Gasteiger partial charge in [0.2, 0.25) is 5.91 Å². The van der Waals surface area contributed by atoms with Crippen molar-refractivity contribution in [3.05, 3.63) is 17.7 Å². The van der Waals surface area contributed by atoms with Crippen molar-refractivity contribution in [2.75, 3.05) is 13.7 Å². The average molecular weight is 251 g/mol. The number of methoxy groups -OCH3 is 1. The first-order valence-corrected chi connectivity index (χ1v) is 6.39. The summed E-state index contributed by atoms with van der Waals surface area (Å²) in [5.41, 5.74) is 0.686.